The number of fused-ring (bicyclic) bond motifs is 1. The number of halogens is 3. The van der Waals surface area contributed by atoms with Crippen LogP contribution in [0, 0.1) is 11.8 Å². The van der Waals surface area contributed by atoms with Crippen LogP contribution in [0.4, 0.5) is 13.2 Å². The van der Waals surface area contributed by atoms with Gasteiger partial charge in [-0.15, -0.1) is 17.7 Å². The Kier molecular flexibility index (Phi) is 5.37. The molecule has 1 amide bonds. The van der Waals surface area contributed by atoms with Crippen LogP contribution in [0.25, 0.3) is 0 Å². The van der Waals surface area contributed by atoms with Gasteiger partial charge in [0.1, 0.15) is 18.0 Å². The molecular formula is C15H16F3NO6S2. The lowest BCUT2D eigenvalue weighted by Gasteiger charge is -2.48. The van der Waals surface area contributed by atoms with Crippen molar-refractivity contribution in [1.82, 2.24) is 4.90 Å². The van der Waals surface area contributed by atoms with Crippen molar-refractivity contribution in [2.24, 2.45) is 0 Å². The number of thioether (sulfide) groups is 1. The van der Waals surface area contributed by atoms with Gasteiger partial charge < -0.3 is 9.64 Å². The van der Waals surface area contributed by atoms with Gasteiger partial charge in [-0.1, -0.05) is 18.6 Å². The van der Waals surface area contributed by atoms with Crippen molar-refractivity contribution in [2.45, 2.75) is 48.0 Å². The van der Waals surface area contributed by atoms with Crippen LogP contribution in [-0.2, 0) is 28.6 Å². The van der Waals surface area contributed by atoms with E-state index in [0.29, 0.717) is 0 Å². The summed E-state index contributed by atoms with van der Waals surface area (Å²) in [6, 6.07) is -1.15. The highest BCUT2D eigenvalue weighted by Crippen LogP contribution is 2.57. The maximum Gasteiger partial charge on any atom is 0.523 e. The third kappa shape index (κ3) is 3.32. The molecule has 0 unspecified atom stereocenters. The van der Waals surface area contributed by atoms with Crippen LogP contribution in [0.1, 0.15) is 20.8 Å². The summed E-state index contributed by atoms with van der Waals surface area (Å²) in [5.41, 5.74) is -8.28. The molecule has 2 fully saturated rings. The highest BCUT2D eigenvalue weighted by molar-refractivity contribution is 8.01. The zero-order chi connectivity index (χ0) is 20.8. The first-order valence-corrected chi connectivity index (χ1v) is 9.78. The molecule has 0 aromatic heterocycles. The SMILES string of the molecule is C=CCOC(=O)[C@@H]1N2C(=O)[C@@](C#CC)(OS(=O)(=O)C(F)(F)F)[C@H]2SC1(C)C. The summed E-state index contributed by atoms with van der Waals surface area (Å²) >= 11 is 0.909. The molecule has 3 atom stereocenters. The summed E-state index contributed by atoms with van der Waals surface area (Å²) in [5.74, 6) is 2.45. The molecule has 2 aliphatic heterocycles. The Hall–Kier alpha value is -1.71. The van der Waals surface area contributed by atoms with Gasteiger partial charge in [0.2, 0.25) is 0 Å². The molecule has 0 N–H and O–H groups in total. The number of hydrogen-bond donors (Lipinski definition) is 0. The van der Waals surface area contributed by atoms with E-state index in [0.717, 1.165) is 16.7 Å². The molecule has 27 heavy (non-hydrogen) atoms. The minimum atomic E-state index is -6.09. The lowest BCUT2D eigenvalue weighted by atomic mass is 9.88. The molecule has 0 radical (unpaired) electrons. The van der Waals surface area contributed by atoms with E-state index in [1.807, 2.05) is 0 Å². The van der Waals surface area contributed by atoms with E-state index in [-0.39, 0.29) is 6.61 Å². The maximum atomic E-state index is 12.8. The number of ether oxygens (including phenoxy) is 1. The zero-order valence-corrected chi connectivity index (χ0v) is 16.1. The van der Waals surface area contributed by atoms with Gasteiger partial charge in [0.05, 0.1) is 0 Å². The second kappa shape index (κ2) is 6.72. The van der Waals surface area contributed by atoms with Gasteiger partial charge in [-0.2, -0.15) is 21.6 Å². The molecule has 7 nitrogen and oxygen atoms in total. The Morgan fingerprint density at radius 1 is 1.44 bits per heavy atom. The Bertz CT molecular complexity index is 842. The molecule has 0 aromatic carbocycles. The lowest BCUT2D eigenvalue weighted by Crippen LogP contribution is -2.74. The predicted octanol–water partition coefficient (Wildman–Crippen LogP) is 1.41. The van der Waals surface area contributed by atoms with Crippen molar-refractivity contribution in [3.63, 3.8) is 0 Å². The number of rotatable bonds is 5. The van der Waals surface area contributed by atoms with Gasteiger partial charge in [0.25, 0.3) is 11.5 Å². The first-order valence-electron chi connectivity index (χ1n) is 7.49. The number of esters is 1. The number of alkyl halides is 3. The second-order valence-corrected chi connectivity index (χ2v) is 9.47. The molecule has 2 saturated heterocycles. The van der Waals surface area contributed by atoms with Crippen LogP contribution in [-0.4, -0.2) is 59.1 Å². The average molecular weight is 427 g/mol. The molecule has 0 bridgehead atoms. The van der Waals surface area contributed by atoms with Crippen LogP contribution in [0.15, 0.2) is 12.7 Å². The number of β-lactam (4-membered cyclic amide) rings is 1. The van der Waals surface area contributed by atoms with E-state index in [4.69, 9.17) is 4.74 Å². The molecule has 2 aliphatic rings. The van der Waals surface area contributed by atoms with Crippen molar-refractivity contribution in [3.8, 4) is 11.8 Å². The van der Waals surface area contributed by atoms with E-state index in [9.17, 15) is 31.2 Å². The molecule has 12 heteroatoms. The first-order chi connectivity index (χ1) is 12.2. The fourth-order valence-corrected chi connectivity index (χ4v) is 5.17. The number of hydrogen-bond acceptors (Lipinski definition) is 7. The fourth-order valence-electron chi connectivity index (χ4n) is 2.85. The Balaban J connectivity index is 2.44. The smallest absolute Gasteiger partial charge is 0.460 e. The maximum absolute atomic E-state index is 12.8. The molecule has 2 heterocycles. The number of carbonyl (C=O) groups excluding carboxylic acids is 2. The first kappa shape index (κ1) is 21.6. The van der Waals surface area contributed by atoms with Gasteiger partial charge in [0, 0.05) is 4.75 Å². The molecule has 2 rings (SSSR count). The zero-order valence-electron chi connectivity index (χ0n) is 14.5. The van der Waals surface area contributed by atoms with E-state index < -0.39 is 49.3 Å². The standard InChI is InChI=1S/C15H16F3NO6S2/c1-5-7-14(25-27(22,23)15(16,17)18)11(21)19-9(10(20)24-8-6-2)13(3,4)26-12(14)19/h6,9,12H,2,8H2,1,3-4H3/t9-,12+,14+/m0/s1. The Morgan fingerprint density at radius 2 is 2.04 bits per heavy atom. The van der Waals surface area contributed by atoms with Crippen LogP contribution in [0.5, 0.6) is 0 Å². The van der Waals surface area contributed by atoms with E-state index in [2.05, 4.69) is 22.6 Å². The van der Waals surface area contributed by atoms with Gasteiger partial charge in [-0.25, -0.2) is 8.98 Å². The second-order valence-electron chi connectivity index (χ2n) is 6.20. The third-order valence-corrected chi connectivity index (χ3v) is 6.57. The van der Waals surface area contributed by atoms with E-state index in [1.54, 1.807) is 13.8 Å². The van der Waals surface area contributed by atoms with Crippen molar-refractivity contribution in [1.29, 1.82) is 0 Å². The summed E-state index contributed by atoms with van der Waals surface area (Å²) in [6.07, 6.45) is 1.31. The fraction of sp³-hybridized carbons (Fsp3) is 0.600. The molecular weight excluding hydrogens is 411 g/mol. The highest BCUT2D eigenvalue weighted by Gasteiger charge is 2.75. The molecule has 0 aliphatic carbocycles. The number of amides is 1. The number of carbonyl (C=O) groups is 2. The summed E-state index contributed by atoms with van der Waals surface area (Å²) in [4.78, 5) is 25.9. The number of nitrogens with zero attached hydrogens (tertiary/aromatic N) is 1. The minimum absolute atomic E-state index is 0.123. The van der Waals surface area contributed by atoms with E-state index >= 15 is 0 Å². The highest BCUT2D eigenvalue weighted by atomic mass is 32.2. The summed E-state index contributed by atoms with van der Waals surface area (Å²) < 4.78 is 69.5. The van der Waals surface area contributed by atoms with Crippen molar-refractivity contribution < 1.29 is 40.1 Å². The molecule has 150 valence electrons. The van der Waals surface area contributed by atoms with Gasteiger partial charge in [-0.05, 0) is 20.8 Å². The van der Waals surface area contributed by atoms with Crippen LogP contribution >= 0.6 is 11.8 Å². The predicted molar refractivity (Wildman–Crippen MR) is 89.5 cm³/mol. The van der Waals surface area contributed by atoms with Crippen molar-refractivity contribution in [3.05, 3.63) is 12.7 Å². The van der Waals surface area contributed by atoms with Gasteiger partial charge in [0.15, 0.2) is 0 Å². The average Bonchev–Trinajstić information content (AvgIpc) is 2.80. The topological polar surface area (TPSA) is 90.0 Å². The largest absolute Gasteiger partial charge is 0.523 e. The summed E-state index contributed by atoms with van der Waals surface area (Å²) in [7, 11) is -6.09. The summed E-state index contributed by atoms with van der Waals surface area (Å²) in [6.45, 7) is 7.65. The Morgan fingerprint density at radius 3 is 2.52 bits per heavy atom. The van der Waals surface area contributed by atoms with Crippen LogP contribution in [0.2, 0.25) is 0 Å². The normalized spacial score (nSPS) is 29.3. The monoisotopic (exact) mass is 427 g/mol. The minimum Gasteiger partial charge on any atom is -0.460 e. The van der Waals surface area contributed by atoms with Crippen LogP contribution in [0.3, 0.4) is 0 Å². The molecule has 0 aromatic rings. The lowest BCUT2D eigenvalue weighted by molar-refractivity contribution is -0.178. The third-order valence-electron chi connectivity index (χ3n) is 3.91. The summed E-state index contributed by atoms with van der Waals surface area (Å²) in [5, 5.41) is -1.23. The van der Waals surface area contributed by atoms with Gasteiger partial charge in [-0.3, -0.25) is 4.79 Å². The Labute approximate surface area is 158 Å². The van der Waals surface area contributed by atoms with Crippen molar-refractivity contribution in [2.75, 3.05) is 6.61 Å². The van der Waals surface area contributed by atoms with Crippen LogP contribution < -0.4 is 0 Å². The molecule has 0 saturated carbocycles. The molecule has 0 spiro atoms. The van der Waals surface area contributed by atoms with Gasteiger partial charge >= 0.3 is 21.6 Å². The van der Waals surface area contributed by atoms with E-state index in [1.165, 1.54) is 13.0 Å². The quantitative estimate of drug-likeness (QED) is 0.164. The van der Waals surface area contributed by atoms with Crippen molar-refractivity contribution >= 4 is 33.8 Å².